The van der Waals surface area contributed by atoms with Gasteiger partial charge >= 0.3 is 0 Å². The van der Waals surface area contributed by atoms with Crippen molar-refractivity contribution in [1.29, 1.82) is 0 Å². The Morgan fingerprint density at radius 3 is 2.65 bits per heavy atom. The molecule has 0 saturated carbocycles. The van der Waals surface area contributed by atoms with Gasteiger partial charge in [-0.3, -0.25) is 14.7 Å². The number of H-pyrrole nitrogens is 1. The Kier molecular flexibility index (Phi) is 4.35. The van der Waals surface area contributed by atoms with Crippen LogP contribution in [0.15, 0.2) is 35.1 Å². The second-order valence-electron chi connectivity index (χ2n) is 5.99. The number of rotatable bonds is 2. The van der Waals surface area contributed by atoms with Gasteiger partial charge in [0.25, 0.3) is 11.5 Å². The highest BCUT2D eigenvalue weighted by molar-refractivity contribution is 8.00. The van der Waals surface area contributed by atoms with E-state index in [2.05, 4.69) is 18.9 Å². The van der Waals surface area contributed by atoms with Crippen molar-refractivity contribution in [2.75, 3.05) is 12.3 Å². The molecule has 1 aliphatic rings. The molecular formula is C17H21N3O2S. The summed E-state index contributed by atoms with van der Waals surface area (Å²) in [4.78, 5) is 26.8. The molecule has 6 heteroatoms. The molecule has 0 bridgehead atoms. The molecule has 1 aromatic heterocycles. The molecule has 2 atom stereocenters. The van der Waals surface area contributed by atoms with Crippen molar-refractivity contribution in [2.45, 2.75) is 32.1 Å². The molecular weight excluding hydrogens is 310 g/mol. The minimum atomic E-state index is -0.218. The third-order valence-corrected chi connectivity index (χ3v) is 5.73. The lowest BCUT2D eigenvalue weighted by molar-refractivity contribution is 0.0691. The number of aromatic amines is 1. The third kappa shape index (κ3) is 3.08. The lowest BCUT2D eigenvalue weighted by Crippen LogP contribution is -2.48. The molecule has 23 heavy (non-hydrogen) atoms. The van der Waals surface area contributed by atoms with Crippen LogP contribution >= 0.6 is 11.8 Å². The number of aryl methyl sites for hydroxylation is 1. The van der Waals surface area contributed by atoms with E-state index in [9.17, 15) is 9.59 Å². The zero-order chi connectivity index (χ0) is 16.6. The van der Waals surface area contributed by atoms with Gasteiger partial charge < -0.3 is 4.90 Å². The number of thioether (sulfide) groups is 1. The van der Waals surface area contributed by atoms with E-state index in [4.69, 9.17) is 0 Å². The van der Waals surface area contributed by atoms with Gasteiger partial charge in [0, 0.05) is 29.7 Å². The molecule has 1 aliphatic heterocycles. The molecule has 1 aromatic carbocycles. The molecule has 1 saturated heterocycles. The number of carbonyl (C=O) groups is 1. The van der Waals surface area contributed by atoms with Crippen molar-refractivity contribution in [3.05, 3.63) is 51.9 Å². The summed E-state index contributed by atoms with van der Waals surface area (Å²) < 4.78 is 1.42. The van der Waals surface area contributed by atoms with Crippen LogP contribution in [0.1, 0.15) is 29.9 Å². The fraction of sp³-hybridized carbons (Fsp3) is 0.412. The molecule has 0 radical (unpaired) electrons. The van der Waals surface area contributed by atoms with Crippen LogP contribution in [0.3, 0.4) is 0 Å². The van der Waals surface area contributed by atoms with Crippen LogP contribution in [0.5, 0.6) is 0 Å². The van der Waals surface area contributed by atoms with Gasteiger partial charge in [-0.15, -0.1) is 0 Å². The van der Waals surface area contributed by atoms with E-state index >= 15 is 0 Å². The molecule has 0 unspecified atom stereocenters. The predicted molar refractivity (Wildman–Crippen MR) is 93.5 cm³/mol. The van der Waals surface area contributed by atoms with E-state index in [0.29, 0.717) is 17.5 Å². The summed E-state index contributed by atoms with van der Waals surface area (Å²) in [6.07, 6.45) is 0. The smallest absolute Gasteiger partial charge is 0.272 e. The molecule has 5 nitrogen and oxygen atoms in total. The first-order chi connectivity index (χ1) is 11.0. The normalized spacial score (nSPS) is 21.4. The average molecular weight is 331 g/mol. The average Bonchev–Trinajstić information content (AvgIpc) is 2.92. The second-order valence-corrected chi connectivity index (χ2v) is 7.48. The number of benzene rings is 1. The zero-order valence-electron chi connectivity index (χ0n) is 13.6. The number of nitrogens with zero attached hydrogens (tertiary/aromatic N) is 2. The van der Waals surface area contributed by atoms with Gasteiger partial charge in [0.05, 0.1) is 5.69 Å². The monoisotopic (exact) mass is 331 g/mol. The van der Waals surface area contributed by atoms with E-state index in [1.54, 1.807) is 0 Å². The van der Waals surface area contributed by atoms with Crippen molar-refractivity contribution in [3.8, 4) is 5.69 Å². The van der Waals surface area contributed by atoms with E-state index in [1.165, 1.54) is 10.7 Å². The SMILES string of the molecule is Cc1ccc(-n2[nH]c(C(=O)N3CCS[C@@H](C)[C@@H]3C)cc2=O)cc1. The highest BCUT2D eigenvalue weighted by atomic mass is 32.2. The van der Waals surface area contributed by atoms with Gasteiger partial charge in [-0.1, -0.05) is 24.6 Å². The van der Waals surface area contributed by atoms with Gasteiger partial charge in [0.1, 0.15) is 5.69 Å². The Hall–Kier alpha value is -1.95. The first-order valence-corrected chi connectivity index (χ1v) is 8.84. The first-order valence-electron chi connectivity index (χ1n) is 7.79. The molecule has 0 spiro atoms. The number of hydrogen-bond acceptors (Lipinski definition) is 3. The number of nitrogens with one attached hydrogen (secondary N) is 1. The molecule has 0 aliphatic carbocycles. The fourth-order valence-corrected chi connectivity index (χ4v) is 3.86. The maximum atomic E-state index is 12.7. The molecule has 2 heterocycles. The lowest BCUT2D eigenvalue weighted by Gasteiger charge is -2.37. The highest BCUT2D eigenvalue weighted by Gasteiger charge is 2.30. The highest BCUT2D eigenvalue weighted by Crippen LogP contribution is 2.25. The zero-order valence-corrected chi connectivity index (χ0v) is 14.4. The first kappa shape index (κ1) is 15.9. The second kappa shape index (κ2) is 6.28. The summed E-state index contributed by atoms with van der Waals surface area (Å²) in [5.41, 5.74) is 1.99. The van der Waals surface area contributed by atoms with Crippen LogP contribution in [-0.4, -0.2) is 44.2 Å². The quantitative estimate of drug-likeness (QED) is 0.919. The molecule has 1 fully saturated rings. The number of aromatic nitrogens is 2. The van der Waals surface area contributed by atoms with Crippen molar-refractivity contribution in [3.63, 3.8) is 0 Å². The molecule has 1 amide bonds. The fourth-order valence-electron chi connectivity index (χ4n) is 2.77. The van der Waals surface area contributed by atoms with E-state index < -0.39 is 0 Å². The maximum Gasteiger partial charge on any atom is 0.272 e. The molecule has 1 N–H and O–H groups in total. The van der Waals surface area contributed by atoms with Crippen molar-refractivity contribution in [2.24, 2.45) is 0 Å². The summed E-state index contributed by atoms with van der Waals surface area (Å²) in [5.74, 6) is 0.827. The van der Waals surface area contributed by atoms with Crippen LogP contribution < -0.4 is 5.56 Å². The summed E-state index contributed by atoms with van der Waals surface area (Å²) in [6, 6.07) is 9.16. The minimum absolute atomic E-state index is 0.104. The molecule has 122 valence electrons. The summed E-state index contributed by atoms with van der Waals surface area (Å²) in [6.45, 7) is 6.90. The standard InChI is InChI=1S/C17H21N3O2S/c1-11-4-6-14(7-5-11)20-16(21)10-15(18-20)17(22)19-8-9-23-13(3)12(19)2/h4-7,10,12-13,18H,8-9H2,1-3H3/t12-,13-/m0/s1. The number of hydrogen-bond donors (Lipinski definition) is 1. The van der Waals surface area contributed by atoms with Gasteiger partial charge in [0.15, 0.2) is 0 Å². The van der Waals surface area contributed by atoms with Crippen molar-refractivity contribution >= 4 is 17.7 Å². The Labute approximate surface area is 139 Å². The van der Waals surface area contributed by atoms with E-state index in [0.717, 1.165) is 17.0 Å². The number of carbonyl (C=O) groups excluding carboxylic acids is 1. The Morgan fingerprint density at radius 1 is 1.26 bits per heavy atom. The van der Waals surface area contributed by atoms with E-state index in [1.807, 2.05) is 47.9 Å². The van der Waals surface area contributed by atoms with E-state index in [-0.39, 0.29) is 17.5 Å². The van der Waals surface area contributed by atoms with Crippen LogP contribution in [0.2, 0.25) is 0 Å². The predicted octanol–water partition coefficient (Wildman–Crippen LogP) is 2.44. The lowest BCUT2D eigenvalue weighted by atomic mass is 10.2. The van der Waals surface area contributed by atoms with Gasteiger partial charge in [-0.2, -0.15) is 11.8 Å². The van der Waals surface area contributed by atoms with Crippen LogP contribution in [0, 0.1) is 6.92 Å². The Balaban J connectivity index is 1.89. The van der Waals surface area contributed by atoms with Gasteiger partial charge in [-0.05, 0) is 26.0 Å². The summed E-state index contributed by atoms with van der Waals surface area (Å²) >= 11 is 1.88. The van der Waals surface area contributed by atoms with Gasteiger partial charge in [0.2, 0.25) is 0 Å². The van der Waals surface area contributed by atoms with Crippen molar-refractivity contribution in [1.82, 2.24) is 14.7 Å². The summed E-state index contributed by atoms with van der Waals surface area (Å²) in [5, 5.41) is 3.36. The Bertz CT molecular complexity index is 763. The number of amides is 1. The van der Waals surface area contributed by atoms with Crippen LogP contribution in [0.4, 0.5) is 0 Å². The van der Waals surface area contributed by atoms with Crippen molar-refractivity contribution < 1.29 is 4.79 Å². The third-order valence-electron chi connectivity index (χ3n) is 4.39. The largest absolute Gasteiger partial charge is 0.333 e. The van der Waals surface area contributed by atoms with Gasteiger partial charge in [-0.25, -0.2) is 4.68 Å². The molecule has 2 aromatic rings. The maximum absolute atomic E-state index is 12.7. The topological polar surface area (TPSA) is 58.1 Å². The van der Waals surface area contributed by atoms with Crippen LogP contribution in [-0.2, 0) is 0 Å². The minimum Gasteiger partial charge on any atom is -0.333 e. The molecule has 3 rings (SSSR count). The summed E-state index contributed by atoms with van der Waals surface area (Å²) in [7, 11) is 0. The Morgan fingerprint density at radius 2 is 1.96 bits per heavy atom. The van der Waals surface area contributed by atoms with Crippen LogP contribution in [0.25, 0.3) is 5.69 Å².